The van der Waals surface area contributed by atoms with E-state index in [1.54, 1.807) is 13.8 Å². The van der Waals surface area contributed by atoms with Gasteiger partial charge in [0, 0.05) is 0 Å². The highest BCUT2D eigenvalue weighted by Gasteiger charge is 2.19. The fraction of sp³-hybridized carbons (Fsp3) is 0.625. The zero-order chi connectivity index (χ0) is 9.02. The van der Waals surface area contributed by atoms with Crippen molar-refractivity contribution < 1.29 is 14.6 Å². The maximum Gasteiger partial charge on any atom is 0.335 e. The molecule has 11 heavy (non-hydrogen) atoms. The molecule has 0 aliphatic heterocycles. The summed E-state index contributed by atoms with van der Waals surface area (Å²) in [5.41, 5.74) is 0.113. The van der Waals surface area contributed by atoms with Crippen LogP contribution >= 0.6 is 0 Å². The molecule has 0 aromatic carbocycles. The summed E-state index contributed by atoms with van der Waals surface area (Å²) >= 11 is 0. The first-order valence-electron chi connectivity index (χ1n) is 3.45. The van der Waals surface area contributed by atoms with Gasteiger partial charge in [0.1, 0.15) is 0 Å². The monoisotopic (exact) mass is 158 g/mol. The summed E-state index contributed by atoms with van der Waals surface area (Å²) in [6, 6.07) is 0. The lowest BCUT2D eigenvalue weighted by Crippen LogP contribution is -2.23. The van der Waals surface area contributed by atoms with Gasteiger partial charge in [-0.1, -0.05) is 20.4 Å². The van der Waals surface area contributed by atoms with Crippen LogP contribution in [-0.2, 0) is 9.53 Å². The smallest absolute Gasteiger partial charge is 0.335 e. The van der Waals surface area contributed by atoms with Crippen LogP contribution in [0, 0.1) is 5.92 Å². The molecule has 0 spiro atoms. The van der Waals surface area contributed by atoms with E-state index in [2.05, 4.69) is 11.3 Å². The van der Waals surface area contributed by atoms with E-state index in [4.69, 9.17) is 0 Å². The second-order valence-electron chi connectivity index (χ2n) is 2.71. The first-order chi connectivity index (χ1) is 5.00. The van der Waals surface area contributed by atoms with Crippen LogP contribution in [0.4, 0.5) is 0 Å². The molecule has 0 radical (unpaired) electrons. The van der Waals surface area contributed by atoms with Gasteiger partial charge in [-0.15, -0.1) is 0 Å². The second kappa shape index (κ2) is 4.13. The molecule has 3 nitrogen and oxygen atoms in total. The van der Waals surface area contributed by atoms with Crippen molar-refractivity contribution in [1.29, 1.82) is 0 Å². The van der Waals surface area contributed by atoms with Gasteiger partial charge in [-0.05, 0) is 5.92 Å². The summed E-state index contributed by atoms with van der Waals surface area (Å²) in [4.78, 5) is 10.8. The number of rotatable bonds is 3. The third-order valence-electron chi connectivity index (χ3n) is 1.44. The Labute approximate surface area is 66.7 Å². The number of ether oxygens (including phenoxy) is 1. The number of hydrogen-bond acceptors (Lipinski definition) is 3. The Morgan fingerprint density at radius 3 is 2.27 bits per heavy atom. The number of hydrogen-bond donors (Lipinski definition) is 1. The van der Waals surface area contributed by atoms with Crippen molar-refractivity contribution in [2.24, 2.45) is 5.92 Å². The number of esters is 1. The van der Waals surface area contributed by atoms with Crippen LogP contribution in [-0.4, -0.2) is 24.3 Å². The summed E-state index contributed by atoms with van der Waals surface area (Å²) in [6.45, 7) is 7.03. The minimum Gasteiger partial charge on any atom is -0.466 e. The van der Waals surface area contributed by atoms with Gasteiger partial charge in [-0.25, -0.2) is 4.79 Å². The van der Waals surface area contributed by atoms with Crippen LogP contribution in [0.5, 0.6) is 0 Å². The Morgan fingerprint density at radius 2 is 2.00 bits per heavy atom. The summed E-state index contributed by atoms with van der Waals surface area (Å²) in [7, 11) is 1.26. The summed E-state index contributed by atoms with van der Waals surface area (Å²) in [5.74, 6) is -0.562. The van der Waals surface area contributed by atoms with Crippen LogP contribution in [0.1, 0.15) is 13.8 Å². The zero-order valence-corrected chi connectivity index (χ0v) is 7.13. The molecule has 0 rings (SSSR count). The second-order valence-corrected chi connectivity index (χ2v) is 2.71. The predicted molar refractivity (Wildman–Crippen MR) is 42.0 cm³/mol. The maximum atomic E-state index is 10.8. The molecule has 1 N–H and O–H groups in total. The summed E-state index contributed by atoms with van der Waals surface area (Å²) in [6.07, 6.45) is -0.803. The Balaban J connectivity index is 4.14. The fourth-order valence-corrected chi connectivity index (χ4v) is 0.654. The topological polar surface area (TPSA) is 46.5 Å². The molecular weight excluding hydrogens is 144 g/mol. The quantitative estimate of drug-likeness (QED) is 0.486. The Bertz CT molecular complexity index is 161. The molecular formula is C8H14O3. The lowest BCUT2D eigenvalue weighted by molar-refractivity contribution is -0.137. The molecule has 0 fully saturated rings. The summed E-state index contributed by atoms with van der Waals surface area (Å²) in [5, 5.41) is 9.30. The first kappa shape index (κ1) is 10.2. The van der Waals surface area contributed by atoms with E-state index in [0.717, 1.165) is 0 Å². The van der Waals surface area contributed by atoms with Gasteiger partial charge in [0.2, 0.25) is 0 Å². The highest BCUT2D eigenvalue weighted by atomic mass is 16.5. The van der Waals surface area contributed by atoms with Crippen molar-refractivity contribution in [1.82, 2.24) is 0 Å². The van der Waals surface area contributed by atoms with Gasteiger partial charge in [0.05, 0.1) is 18.8 Å². The minimum absolute atomic E-state index is 0.0124. The number of carbonyl (C=O) groups excluding carboxylic acids is 1. The minimum atomic E-state index is -0.803. The van der Waals surface area contributed by atoms with Crippen LogP contribution in [0.25, 0.3) is 0 Å². The zero-order valence-electron chi connectivity index (χ0n) is 7.13. The molecule has 0 amide bonds. The molecule has 64 valence electrons. The molecule has 0 aliphatic rings. The van der Waals surface area contributed by atoms with Gasteiger partial charge in [0.25, 0.3) is 0 Å². The van der Waals surface area contributed by atoms with Crippen LogP contribution in [0.15, 0.2) is 12.2 Å². The third kappa shape index (κ3) is 2.72. The molecule has 1 atom stereocenters. The predicted octanol–water partition coefficient (Wildman–Crippen LogP) is 0.732. The highest BCUT2D eigenvalue weighted by Crippen LogP contribution is 2.10. The normalized spacial score (nSPS) is 12.8. The van der Waals surface area contributed by atoms with Crippen molar-refractivity contribution in [2.45, 2.75) is 20.0 Å². The maximum absolute atomic E-state index is 10.8. The molecule has 0 saturated carbocycles. The van der Waals surface area contributed by atoms with Crippen LogP contribution < -0.4 is 0 Å². The lowest BCUT2D eigenvalue weighted by atomic mass is 10.0. The van der Waals surface area contributed by atoms with Crippen molar-refractivity contribution in [3.8, 4) is 0 Å². The van der Waals surface area contributed by atoms with E-state index in [1.165, 1.54) is 7.11 Å². The molecule has 3 heteroatoms. The Hall–Kier alpha value is -0.830. The molecule has 0 aliphatic carbocycles. The first-order valence-corrected chi connectivity index (χ1v) is 3.45. The van der Waals surface area contributed by atoms with Gasteiger partial charge < -0.3 is 9.84 Å². The standard InChI is InChI=1S/C8H14O3/c1-5(2)7(9)6(3)8(10)11-4/h5,7,9H,3H2,1-2,4H3/t7-/m0/s1. The van der Waals surface area contributed by atoms with Crippen molar-refractivity contribution >= 4 is 5.97 Å². The van der Waals surface area contributed by atoms with E-state index in [0.29, 0.717) is 0 Å². The number of methoxy groups -OCH3 is 1. The fourth-order valence-electron chi connectivity index (χ4n) is 0.654. The Morgan fingerprint density at radius 1 is 1.55 bits per heavy atom. The number of carbonyl (C=O) groups is 1. The molecule has 0 unspecified atom stereocenters. The third-order valence-corrected chi connectivity index (χ3v) is 1.44. The average Bonchev–Trinajstić information content (AvgIpc) is 2.00. The van der Waals surface area contributed by atoms with Gasteiger partial charge in [0.15, 0.2) is 0 Å². The van der Waals surface area contributed by atoms with Gasteiger partial charge >= 0.3 is 5.97 Å². The summed E-state index contributed by atoms with van der Waals surface area (Å²) < 4.78 is 4.38. The molecule has 0 saturated heterocycles. The SMILES string of the molecule is C=C(C(=O)OC)[C@@H](O)C(C)C. The lowest BCUT2D eigenvalue weighted by Gasteiger charge is -2.14. The van der Waals surface area contributed by atoms with E-state index in [1.807, 2.05) is 0 Å². The molecule has 0 heterocycles. The van der Waals surface area contributed by atoms with E-state index < -0.39 is 12.1 Å². The van der Waals surface area contributed by atoms with Gasteiger partial charge in [-0.3, -0.25) is 0 Å². The van der Waals surface area contributed by atoms with Crippen molar-refractivity contribution in [2.75, 3.05) is 7.11 Å². The Kier molecular flexibility index (Phi) is 3.82. The van der Waals surface area contributed by atoms with Crippen molar-refractivity contribution in [3.63, 3.8) is 0 Å². The van der Waals surface area contributed by atoms with E-state index in [-0.39, 0.29) is 11.5 Å². The molecule has 0 aromatic heterocycles. The molecule has 0 aromatic rings. The van der Waals surface area contributed by atoms with Gasteiger partial charge in [-0.2, -0.15) is 0 Å². The number of aliphatic hydroxyl groups excluding tert-OH is 1. The van der Waals surface area contributed by atoms with Crippen LogP contribution in [0.3, 0.4) is 0 Å². The van der Waals surface area contributed by atoms with E-state index in [9.17, 15) is 9.90 Å². The van der Waals surface area contributed by atoms with E-state index >= 15 is 0 Å². The van der Waals surface area contributed by atoms with Crippen LogP contribution in [0.2, 0.25) is 0 Å². The average molecular weight is 158 g/mol. The molecule has 0 bridgehead atoms. The largest absolute Gasteiger partial charge is 0.466 e. The number of aliphatic hydroxyl groups is 1. The van der Waals surface area contributed by atoms with Crippen molar-refractivity contribution in [3.05, 3.63) is 12.2 Å². The highest BCUT2D eigenvalue weighted by molar-refractivity contribution is 5.88.